The van der Waals surface area contributed by atoms with Gasteiger partial charge in [0.1, 0.15) is 12.2 Å². The summed E-state index contributed by atoms with van der Waals surface area (Å²) in [4.78, 5) is 0. The highest BCUT2D eigenvalue weighted by Crippen LogP contribution is 2.26. The zero-order valence-electron chi connectivity index (χ0n) is 5.58. The molecular formula is C5H10O6. The van der Waals surface area contributed by atoms with Crippen LogP contribution in [0.2, 0.25) is 0 Å². The average molecular weight is 166 g/mol. The summed E-state index contributed by atoms with van der Waals surface area (Å²) in [6.45, 7) is -0.582. The van der Waals surface area contributed by atoms with Crippen LogP contribution in [0.5, 0.6) is 0 Å². The molecule has 3 atom stereocenters. The van der Waals surface area contributed by atoms with Gasteiger partial charge in [-0.15, -0.1) is 0 Å². The molecule has 0 aromatic rings. The van der Waals surface area contributed by atoms with Crippen molar-refractivity contribution in [1.82, 2.24) is 0 Å². The molecule has 0 radical (unpaired) electrons. The van der Waals surface area contributed by atoms with Crippen LogP contribution in [0.25, 0.3) is 0 Å². The van der Waals surface area contributed by atoms with Crippen molar-refractivity contribution >= 4 is 0 Å². The SMILES string of the molecule is OC[C@H]1OC(O)(O)[C@H](O)[C@@H]1O. The van der Waals surface area contributed by atoms with Crippen LogP contribution in [0.4, 0.5) is 0 Å². The summed E-state index contributed by atoms with van der Waals surface area (Å²) in [6.07, 6.45) is -4.44. The number of hydrogen-bond acceptors (Lipinski definition) is 6. The Morgan fingerprint density at radius 2 is 1.82 bits per heavy atom. The zero-order chi connectivity index (χ0) is 8.65. The maximum atomic E-state index is 8.94. The first-order valence-electron chi connectivity index (χ1n) is 3.08. The van der Waals surface area contributed by atoms with Crippen molar-refractivity contribution in [3.05, 3.63) is 0 Å². The van der Waals surface area contributed by atoms with Crippen LogP contribution in [-0.4, -0.2) is 56.4 Å². The molecule has 0 unspecified atom stereocenters. The van der Waals surface area contributed by atoms with E-state index in [0.29, 0.717) is 0 Å². The van der Waals surface area contributed by atoms with Gasteiger partial charge >= 0.3 is 5.97 Å². The van der Waals surface area contributed by atoms with E-state index >= 15 is 0 Å². The highest BCUT2D eigenvalue weighted by Gasteiger charge is 2.52. The molecule has 0 aromatic carbocycles. The second kappa shape index (κ2) is 2.67. The fourth-order valence-corrected chi connectivity index (χ4v) is 0.933. The molecule has 1 aliphatic heterocycles. The molecule has 0 spiro atoms. The van der Waals surface area contributed by atoms with Crippen molar-refractivity contribution in [3.8, 4) is 0 Å². The summed E-state index contributed by atoms with van der Waals surface area (Å²) in [7, 11) is 0. The number of rotatable bonds is 1. The predicted octanol–water partition coefficient (Wildman–Crippen LogP) is -3.26. The van der Waals surface area contributed by atoms with Gasteiger partial charge in [-0.2, -0.15) is 0 Å². The van der Waals surface area contributed by atoms with Gasteiger partial charge in [0.2, 0.25) is 0 Å². The quantitative estimate of drug-likeness (QED) is 0.261. The third-order valence-electron chi connectivity index (χ3n) is 1.59. The van der Waals surface area contributed by atoms with E-state index in [1.807, 2.05) is 0 Å². The van der Waals surface area contributed by atoms with E-state index in [1.165, 1.54) is 0 Å². The first-order chi connectivity index (χ1) is 4.99. The Hall–Kier alpha value is -0.240. The minimum absolute atomic E-state index is 0.582. The first-order valence-corrected chi connectivity index (χ1v) is 3.08. The van der Waals surface area contributed by atoms with Gasteiger partial charge < -0.3 is 30.3 Å². The lowest BCUT2D eigenvalue weighted by Crippen LogP contribution is -2.42. The summed E-state index contributed by atoms with van der Waals surface area (Å²) in [6, 6.07) is 0. The first kappa shape index (κ1) is 8.85. The maximum Gasteiger partial charge on any atom is 0.308 e. The van der Waals surface area contributed by atoms with E-state index in [9.17, 15) is 0 Å². The summed E-state index contributed by atoms with van der Waals surface area (Å²) in [5.41, 5.74) is 0. The second-order valence-corrected chi connectivity index (χ2v) is 2.43. The van der Waals surface area contributed by atoms with Gasteiger partial charge in [0, 0.05) is 0 Å². The molecule has 6 nitrogen and oxygen atoms in total. The Morgan fingerprint density at radius 3 is 2.00 bits per heavy atom. The monoisotopic (exact) mass is 166 g/mol. The van der Waals surface area contributed by atoms with E-state index in [2.05, 4.69) is 4.74 Å². The summed E-state index contributed by atoms with van der Waals surface area (Å²) >= 11 is 0. The van der Waals surface area contributed by atoms with E-state index < -0.39 is 30.9 Å². The minimum atomic E-state index is -2.76. The van der Waals surface area contributed by atoms with Crippen LogP contribution < -0.4 is 0 Å². The molecule has 11 heavy (non-hydrogen) atoms. The molecule has 1 fully saturated rings. The van der Waals surface area contributed by atoms with E-state index in [-0.39, 0.29) is 0 Å². The molecule has 0 saturated carbocycles. The van der Waals surface area contributed by atoms with Crippen molar-refractivity contribution in [3.63, 3.8) is 0 Å². The van der Waals surface area contributed by atoms with Gasteiger partial charge in [-0.25, -0.2) is 0 Å². The Labute approximate surface area is 62.3 Å². The van der Waals surface area contributed by atoms with Gasteiger partial charge in [0.15, 0.2) is 6.10 Å². The minimum Gasteiger partial charge on any atom is -0.394 e. The summed E-state index contributed by atoms with van der Waals surface area (Å²) in [5, 5.41) is 43.7. The van der Waals surface area contributed by atoms with Crippen molar-refractivity contribution in [2.45, 2.75) is 24.3 Å². The van der Waals surface area contributed by atoms with Gasteiger partial charge in [-0.1, -0.05) is 0 Å². The van der Waals surface area contributed by atoms with Gasteiger partial charge in [0.25, 0.3) is 0 Å². The Kier molecular flexibility index (Phi) is 2.15. The topological polar surface area (TPSA) is 110 Å². The van der Waals surface area contributed by atoms with Crippen molar-refractivity contribution in [1.29, 1.82) is 0 Å². The number of aliphatic hydroxyl groups is 5. The number of hydrogen-bond donors (Lipinski definition) is 5. The molecule has 66 valence electrons. The molecule has 1 rings (SSSR count). The normalized spacial score (nSPS) is 42.8. The van der Waals surface area contributed by atoms with E-state index in [0.717, 1.165) is 0 Å². The molecule has 1 saturated heterocycles. The van der Waals surface area contributed by atoms with Gasteiger partial charge in [-0.3, -0.25) is 0 Å². The molecule has 0 amide bonds. The third-order valence-corrected chi connectivity index (χ3v) is 1.59. The van der Waals surface area contributed by atoms with Crippen LogP contribution >= 0.6 is 0 Å². The van der Waals surface area contributed by atoms with Crippen LogP contribution in [-0.2, 0) is 4.74 Å². The smallest absolute Gasteiger partial charge is 0.308 e. The zero-order valence-corrected chi connectivity index (χ0v) is 5.58. The molecule has 0 aromatic heterocycles. The number of ether oxygens (including phenoxy) is 1. The Bertz CT molecular complexity index is 146. The lowest BCUT2D eigenvalue weighted by molar-refractivity contribution is -0.355. The van der Waals surface area contributed by atoms with Gasteiger partial charge in [-0.05, 0) is 0 Å². The highest BCUT2D eigenvalue weighted by atomic mass is 16.8. The molecule has 6 heteroatoms. The van der Waals surface area contributed by atoms with Crippen LogP contribution in [0, 0.1) is 0 Å². The summed E-state index contributed by atoms with van der Waals surface area (Å²) < 4.78 is 4.28. The third kappa shape index (κ3) is 1.36. The van der Waals surface area contributed by atoms with Crippen molar-refractivity contribution in [2.75, 3.05) is 6.61 Å². The maximum absolute atomic E-state index is 8.94. The molecule has 1 aliphatic rings. The Morgan fingerprint density at radius 1 is 1.27 bits per heavy atom. The van der Waals surface area contributed by atoms with Gasteiger partial charge in [0.05, 0.1) is 6.61 Å². The van der Waals surface area contributed by atoms with Crippen molar-refractivity contribution in [2.24, 2.45) is 0 Å². The number of aliphatic hydroxyl groups excluding tert-OH is 3. The lowest BCUT2D eigenvalue weighted by Gasteiger charge is -2.17. The van der Waals surface area contributed by atoms with Crippen LogP contribution in [0.3, 0.4) is 0 Å². The molecule has 0 bridgehead atoms. The van der Waals surface area contributed by atoms with Crippen molar-refractivity contribution < 1.29 is 30.3 Å². The van der Waals surface area contributed by atoms with E-state index in [1.54, 1.807) is 0 Å². The second-order valence-electron chi connectivity index (χ2n) is 2.43. The predicted molar refractivity (Wildman–Crippen MR) is 31.1 cm³/mol. The highest BCUT2D eigenvalue weighted by molar-refractivity contribution is 4.88. The molecule has 0 aliphatic carbocycles. The molecular weight excluding hydrogens is 156 g/mol. The summed E-state index contributed by atoms with van der Waals surface area (Å²) in [5.74, 6) is -2.76. The Balaban J connectivity index is 2.69. The van der Waals surface area contributed by atoms with Crippen LogP contribution in [0.1, 0.15) is 0 Å². The fourth-order valence-electron chi connectivity index (χ4n) is 0.933. The molecule has 5 N–H and O–H groups in total. The van der Waals surface area contributed by atoms with Crippen LogP contribution in [0.15, 0.2) is 0 Å². The molecule has 1 heterocycles. The average Bonchev–Trinajstić information content (AvgIpc) is 2.13. The van der Waals surface area contributed by atoms with E-state index in [4.69, 9.17) is 25.5 Å². The lowest BCUT2D eigenvalue weighted by atomic mass is 10.1. The largest absolute Gasteiger partial charge is 0.394 e. The standard InChI is InChI=1S/C5H10O6/c6-1-2-3(7)4(8)5(9,10)11-2/h2-4,6-10H,1H2/t2-,3-,4-/m1/s1. The fraction of sp³-hybridized carbons (Fsp3) is 1.00.